The Kier molecular flexibility index (Phi) is 5.32. The molecule has 3 nitrogen and oxygen atoms in total. The predicted molar refractivity (Wildman–Crippen MR) is 74.8 cm³/mol. The third kappa shape index (κ3) is 3.33. The van der Waals surface area contributed by atoms with Crippen molar-refractivity contribution >= 4 is 32.1 Å². The minimum absolute atomic E-state index is 0.0195. The third-order valence-electron chi connectivity index (χ3n) is 3.19. The standard InChI is InChI=1S/C14H14N2O.ClH.Ru/c17-14(13-8-9-15-13)16-12-7-3-5-10-4-1-2-6-11(10)12;;/h1-7,13,15H,8-9H2,(H,16,17);1H;/q;;+1/p-1. The Morgan fingerprint density at radius 3 is 2.58 bits per heavy atom. The van der Waals surface area contributed by atoms with Gasteiger partial charge in [0.1, 0.15) is 0 Å². The number of carbonyl (C=O) groups is 1. The van der Waals surface area contributed by atoms with Crippen LogP contribution in [0, 0.1) is 0 Å². The van der Waals surface area contributed by atoms with Crippen molar-refractivity contribution in [3.8, 4) is 0 Å². The van der Waals surface area contributed by atoms with Gasteiger partial charge in [-0.2, -0.15) is 0 Å². The van der Waals surface area contributed by atoms with Crippen molar-refractivity contribution in [1.82, 2.24) is 5.32 Å². The molecule has 0 radical (unpaired) electrons. The number of hydrogen-bond acceptors (Lipinski definition) is 2. The number of hydrogen-bond donors (Lipinski definition) is 2. The molecule has 1 amide bonds. The molecule has 1 atom stereocenters. The second-order valence-corrected chi connectivity index (χ2v) is 4.31. The van der Waals surface area contributed by atoms with Gasteiger partial charge in [-0.15, -0.1) is 0 Å². The number of carbonyl (C=O) groups excluding carboxylic acids is 1. The van der Waals surface area contributed by atoms with Crippen LogP contribution in [0.3, 0.4) is 0 Å². The van der Waals surface area contributed by atoms with E-state index < -0.39 is 0 Å². The molecule has 1 unspecified atom stereocenters. The van der Waals surface area contributed by atoms with Crippen molar-refractivity contribution in [1.29, 1.82) is 0 Å². The van der Waals surface area contributed by atoms with Gasteiger partial charge in [-0.25, -0.2) is 0 Å². The average molecular weight is 363 g/mol. The molecule has 1 heterocycles. The molecule has 2 N–H and O–H groups in total. The summed E-state index contributed by atoms with van der Waals surface area (Å²) in [6, 6.07) is 14.0. The molecular formula is C14H14ClN2ORu. The van der Waals surface area contributed by atoms with E-state index in [1.807, 2.05) is 59.8 Å². The summed E-state index contributed by atoms with van der Waals surface area (Å²) in [7, 11) is 4.57. The molecule has 101 valence electrons. The van der Waals surface area contributed by atoms with Crippen LogP contribution < -0.4 is 10.6 Å². The quantitative estimate of drug-likeness (QED) is 0.807. The van der Waals surface area contributed by atoms with Gasteiger partial charge < -0.3 is 10.6 Å². The Morgan fingerprint density at radius 2 is 1.89 bits per heavy atom. The summed E-state index contributed by atoms with van der Waals surface area (Å²) >= 11 is 1.82. The van der Waals surface area contributed by atoms with Gasteiger partial charge in [0, 0.05) is 11.1 Å². The van der Waals surface area contributed by atoms with E-state index in [1.54, 1.807) is 0 Å². The zero-order valence-corrected chi connectivity index (χ0v) is 12.7. The van der Waals surface area contributed by atoms with E-state index in [9.17, 15) is 4.79 Å². The maximum absolute atomic E-state index is 11.9. The van der Waals surface area contributed by atoms with Gasteiger partial charge in [0.2, 0.25) is 5.91 Å². The van der Waals surface area contributed by atoms with Gasteiger partial charge in [-0.3, -0.25) is 4.79 Å². The van der Waals surface area contributed by atoms with Crippen molar-refractivity contribution < 1.29 is 22.1 Å². The van der Waals surface area contributed by atoms with E-state index >= 15 is 0 Å². The van der Waals surface area contributed by atoms with Gasteiger partial charge in [0.15, 0.2) is 0 Å². The second-order valence-electron chi connectivity index (χ2n) is 4.31. The van der Waals surface area contributed by atoms with Crippen molar-refractivity contribution in [2.24, 2.45) is 0 Å². The first-order valence-corrected chi connectivity index (χ1v) is 8.24. The molecule has 1 aliphatic heterocycles. The second kappa shape index (κ2) is 6.99. The summed E-state index contributed by atoms with van der Waals surface area (Å²) in [4.78, 5) is 11.9. The molecule has 0 bridgehead atoms. The van der Waals surface area contributed by atoms with Crippen LogP contribution in [-0.4, -0.2) is 18.5 Å². The van der Waals surface area contributed by atoms with Crippen molar-refractivity contribution in [2.75, 3.05) is 11.9 Å². The SMILES string of the molecule is O=C(Nc1cccc2ccccc12)C1CCN1.[Cl][Ru]. The van der Waals surface area contributed by atoms with Crippen LogP contribution in [0.25, 0.3) is 10.8 Å². The van der Waals surface area contributed by atoms with E-state index in [1.165, 1.54) is 0 Å². The predicted octanol–water partition coefficient (Wildman–Crippen LogP) is 2.83. The Hall–Kier alpha value is -0.957. The Labute approximate surface area is 126 Å². The normalized spacial score (nSPS) is 17.1. The van der Waals surface area contributed by atoms with Crippen LogP contribution in [0.1, 0.15) is 6.42 Å². The average Bonchev–Trinajstić information content (AvgIpc) is 2.39. The van der Waals surface area contributed by atoms with Crippen LogP contribution in [0.2, 0.25) is 0 Å². The van der Waals surface area contributed by atoms with E-state index in [2.05, 4.69) is 20.3 Å². The number of benzene rings is 2. The number of anilines is 1. The maximum atomic E-state index is 11.9. The van der Waals surface area contributed by atoms with E-state index in [0.717, 1.165) is 29.4 Å². The van der Waals surface area contributed by atoms with Crippen molar-refractivity contribution in [2.45, 2.75) is 12.5 Å². The molecule has 0 spiro atoms. The van der Waals surface area contributed by atoms with Gasteiger partial charge in [0.25, 0.3) is 0 Å². The molecule has 0 saturated carbocycles. The number of halogens is 1. The zero-order chi connectivity index (χ0) is 13.7. The number of amides is 1. The summed E-state index contributed by atoms with van der Waals surface area (Å²) in [6.07, 6.45) is 0.927. The van der Waals surface area contributed by atoms with Crippen molar-refractivity contribution in [3.05, 3.63) is 42.5 Å². The van der Waals surface area contributed by atoms with E-state index in [4.69, 9.17) is 0 Å². The summed E-state index contributed by atoms with van der Waals surface area (Å²) in [5.74, 6) is 0.0626. The van der Waals surface area contributed by atoms with Gasteiger partial charge in [-0.1, -0.05) is 36.4 Å². The molecular weight excluding hydrogens is 349 g/mol. The zero-order valence-electron chi connectivity index (χ0n) is 10.2. The summed E-state index contributed by atoms with van der Waals surface area (Å²) in [5, 5.41) is 8.32. The Balaban J connectivity index is 0.000000637. The van der Waals surface area contributed by atoms with Crippen LogP contribution in [-0.2, 0) is 22.1 Å². The fourth-order valence-corrected chi connectivity index (χ4v) is 2.07. The summed E-state index contributed by atoms with van der Waals surface area (Å²) < 4.78 is 0. The molecule has 3 rings (SSSR count). The first-order chi connectivity index (χ1) is 9.34. The Bertz CT molecular complexity index is 567. The van der Waals surface area contributed by atoms with E-state index in [-0.39, 0.29) is 11.9 Å². The van der Waals surface area contributed by atoms with Gasteiger partial charge >= 0.3 is 27.0 Å². The van der Waals surface area contributed by atoms with Crippen molar-refractivity contribution in [3.63, 3.8) is 0 Å². The number of nitrogens with one attached hydrogen (secondary N) is 2. The molecule has 1 fully saturated rings. The molecule has 0 aromatic heterocycles. The molecule has 19 heavy (non-hydrogen) atoms. The number of fused-ring (bicyclic) bond motifs is 1. The molecule has 1 aliphatic rings. The first kappa shape index (κ1) is 14.5. The van der Waals surface area contributed by atoms with E-state index in [0.29, 0.717) is 0 Å². The third-order valence-corrected chi connectivity index (χ3v) is 3.19. The molecule has 2 aromatic rings. The monoisotopic (exact) mass is 363 g/mol. The summed E-state index contributed by atoms with van der Waals surface area (Å²) in [6.45, 7) is 0.938. The first-order valence-electron chi connectivity index (χ1n) is 6.00. The molecule has 0 aliphatic carbocycles. The van der Waals surface area contributed by atoms with Crippen LogP contribution in [0.4, 0.5) is 5.69 Å². The topological polar surface area (TPSA) is 41.1 Å². The van der Waals surface area contributed by atoms with Crippen LogP contribution in [0.15, 0.2) is 42.5 Å². The molecule has 2 aromatic carbocycles. The van der Waals surface area contributed by atoms with Crippen LogP contribution >= 0.6 is 9.69 Å². The van der Waals surface area contributed by atoms with Crippen LogP contribution in [0.5, 0.6) is 0 Å². The fraction of sp³-hybridized carbons (Fsp3) is 0.214. The summed E-state index contributed by atoms with van der Waals surface area (Å²) in [5.41, 5.74) is 0.891. The molecule has 5 heteroatoms. The Morgan fingerprint density at radius 1 is 1.21 bits per heavy atom. The number of rotatable bonds is 2. The minimum atomic E-state index is -0.0195. The fourth-order valence-electron chi connectivity index (χ4n) is 2.07. The molecule has 1 saturated heterocycles. The van der Waals surface area contributed by atoms with Gasteiger partial charge in [0.05, 0.1) is 6.04 Å². The van der Waals surface area contributed by atoms with Gasteiger partial charge in [-0.05, 0) is 24.4 Å².